The molecule has 20 heavy (non-hydrogen) atoms. The summed E-state index contributed by atoms with van der Waals surface area (Å²) in [6, 6.07) is 1.42. The summed E-state index contributed by atoms with van der Waals surface area (Å²) >= 11 is 0. The number of benzene rings is 1. The summed E-state index contributed by atoms with van der Waals surface area (Å²) in [6.45, 7) is 0.0306. The van der Waals surface area contributed by atoms with E-state index in [1.807, 2.05) is 0 Å². The maximum absolute atomic E-state index is 13.1. The maximum atomic E-state index is 13.1. The summed E-state index contributed by atoms with van der Waals surface area (Å²) in [5.74, 6) is -4.69. The number of carboxylic acid groups (broad SMARTS) is 1. The van der Waals surface area contributed by atoms with E-state index < -0.39 is 29.4 Å². The van der Waals surface area contributed by atoms with Crippen LogP contribution < -0.4 is 0 Å². The van der Waals surface area contributed by atoms with E-state index >= 15 is 0 Å². The second-order valence-electron chi connectivity index (χ2n) is 4.42. The zero-order valence-corrected chi connectivity index (χ0v) is 10.4. The van der Waals surface area contributed by atoms with Gasteiger partial charge in [0, 0.05) is 13.0 Å². The van der Waals surface area contributed by atoms with E-state index in [-0.39, 0.29) is 24.1 Å². The minimum absolute atomic E-state index is 0.0306. The van der Waals surface area contributed by atoms with Crippen LogP contribution >= 0.6 is 0 Å². The van der Waals surface area contributed by atoms with Crippen molar-refractivity contribution < 1.29 is 28.3 Å². The summed E-state index contributed by atoms with van der Waals surface area (Å²) < 4.78 is 26.1. The summed E-state index contributed by atoms with van der Waals surface area (Å²) in [4.78, 5) is 35.0. The van der Waals surface area contributed by atoms with Crippen molar-refractivity contribution >= 4 is 17.8 Å². The Morgan fingerprint density at radius 1 is 1.05 bits per heavy atom. The first-order valence-electron chi connectivity index (χ1n) is 5.99. The Kier molecular flexibility index (Phi) is 3.78. The Bertz CT molecular complexity index is 559. The molecule has 5 nitrogen and oxygen atoms in total. The minimum Gasteiger partial charge on any atom is -0.481 e. The van der Waals surface area contributed by atoms with Crippen LogP contribution in [0.4, 0.5) is 8.78 Å². The minimum atomic E-state index is -1.18. The summed E-state index contributed by atoms with van der Waals surface area (Å²) in [7, 11) is 0. The van der Waals surface area contributed by atoms with Gasteiger partial charge < -0.3 is 5.11 Å². The summed E-state index contributed by atoms with van der Waals surface area (Å²) in [5.41, 5.74) is -0.320. The highest BCUT2D eigenvalue weighted by atomic mass is 19.2. The van der Waals surface area contributed by atoms with Crippen LogP contribution in [0.5, 0.6) is 0 Å². The molecule has 7 heteroatoms. The number of rotatable bonds is 5. The van der Waals surface area contributed by atoms with Gasteiger partial charge in [-0.1, -0.05) is 0 Å². The van der Waals surface area contributed by atoms with Crippen molar-refractivity contribution in [2.75, 3.05) is 6.54 Å². The third kappa shape index (κ3) is 2.52. The molecule has 0 atom stereocenters. The molecule has 0 aliphatic carbocycles. The predicted octanol–water partition coefficient (Wildman–Crippen LogP) is 1.82. The number of imide groups is 1. The molecule has 0 bridgehead atoms. The molecule has 0 unspecified atom stereocenters. The van der Waals surface area contributed by atoms with Gasteiger partial charge in [-0.2, -0.15) is 0 Å². The fourth-order valence-electron chi connectivity index (χ4n) is 2.03. The Morgan fingerprint density at radius 3 is 2.00 bits per heavy atom. The summed E-state index contributed by atoms with van der Waals surface area (Å²) in [5, 5.41) is 8.48. The Morgan fingerprint density at radius 2 is 1.55 bits per heavy atom. The quantitative estimate of drug-likeness (QED) is 0.660. The van der Waals surface area contributed by atoms with Crippen LogP contribution in [0.3, 0.4) is 0 Å². The number of unbranched alkanes of at least 4 members (excludes halogenated alkanes) is 1. The molecule has 0 saturated carbocycles. The van der Waals surface area contributed by atoms with Gasteiger partial charge in [0.25, 0.3) is 11.8 Å². The number of nitrogens with zero attached hydrogens (tertiary/aromatic N) is 1. The van der Waals surface area contributed by atoms with Gasteiger partial charge in [-0.15, -0.1) is 0 Å². The predicted molar refractivity (Wildman–Crippen MR) is 63.2 cm³/mol. The molecule has 0 fully saturated rings. The fraction of sp³-hybridized carbons (Fsp3) is 0.308. The molecule has 1 N–H and O–H groups in total. The monoisotopic (exact) mass is 283 g/mol. The third-order valence-electron chi connectivity index (χ3n) is 3.03. The van der Waals surface area contributed by atoms with Crippen molar-refractivity contribution in [2.24, 2.45) is 0 Å². The number of aliphatic carboxylic acids is 1. The first-order chi connectivity index (χ1) is 9.41. The molecule has 1 aromatic rings. The topological polar surface area (TPSA) is 74.7 Å². The van der Waals surface area contributed by atoms with Crippen molar-refractivity contribution in [3.8, 4) is 0 Å². The van der Waals surface area contributed by atoms with E-state index in [9.17, 15) is 23.2 Å². The van der Waals surface area contributed by atoms with E-state index in [0.717, 1.165) is 4.90 Å². The zero-order chi connectivity index (χ0) is 14.9. The largest absolute Gasteiger partial charge is 0.481 e. The lowest BCUT2D eigenvalue weighted by molar-refractivity contribution is -0.137. The van der Waals surface area contributed by atoms with Crippen LogP contribution in [0, 0.1) is 11.6 Å². The number of fused-ring (bicyclic) bond motifs is 1. The highest BCUT2D eigenvalue weighted by molar-refractivity contribution is 6.21. The Hall–Kier alpha value is -2.31. The first-order valence-corrected chi connectivity index (χ1v) is 5.99. The van der Waals surface area contributed by atoms with Crippen molar-refractivity contribution in [3.63, 3.8) is 0 Å². The van der Waals surface area contributed by atoms with Crippen LogP contribution in [0.25, 0.3) is 0 Å². The molecular formula is C13H11F2NO4. The van der Waals surface area contributed by atoms with E-state index in [1.165, 1.54) is 0 Å². The normalized spacial score (nSPS) is 13.8. The van der Waals surface area contributed by atoms with E-state index in [4.69, 9.17) is 5.11 Å². The van der Waals surface area contributed by atoms with Gasteiger partial charge in [-0.05, 0) is 25.0 Å². The van der Waals surface area contributed by atoms with Gasteiger partial charge in [0.1, 0.15) is 0 Å². The smallest absolute Gasteiger partial charge is 0.303 e. The highest BCUT2D eigenvalue weighted by Crippen LogP contribution is 2.25. The Balaban J connectivity index is 2.10. The van der Waals surface area contributed by atoms with E-state index in [2.05, 4.69) is 0 Å². The number of carbonyl (C=O) groups excluding carboxylic acids is 2. The third-order valence-corrected chi connectivity index (χ3v) is 3.03. The maximum Gasteiger partial charge on any atom is 0.303 e. The molecule has 2 rings (SSSR count). The van der Waals surface area contributed by atoms with Gasteiger partial charge in [-0.3, -0.25) is 19.3 Å². The second-order valence-corrected chi connectivity index (χ2v) is 4.42. The fourth-order valence-corrected chi connectivity index (χ4v) is 2.03. The molecule has 1 aliphatic heterocycles. The average molecular weight is 283 g/mol. The van der Waals surface area contributed by atoms with Gasteiger partial charge in [0.05, 0.1) is 11.1 Å². The molecule has 0 radical (unpaired) electrons. The van der Waals surface area contributed by atoms with Crippen LogP contribution in [0.1, 0.15) is 40.0 Å². The number of hydrogen-bond acceptors (Lipinski definition) is 3. The van der Waals surface area contributed by atoms with Crippen LogP contribution in [-0.2, 0) is 4.79 Å². The highest BCUT2D eigenvalue weighted by Gasteiger charge is 2.36. The molecule has 1 aromatic carbocycles. The van der Waals surface area contributed by atoms with Gasteiger partial charge in [-0.25, -0.2) is 8.78 Å². The molecule has 1 heterocycles. The molecule has 0 spiro atoms. The van der Waals surface area contributed by atoms with E-state index in [0.29, 0.717) is 25.0 Å². The van der Waals surface area contributed by atoms with Crippen LogP contribution in [0.15, 0.2) is 12.1 Å². The molecule has 1 aliphatic rings. The van der Waals surface area contributed by atoms with Crippen molar-refractivity contribution in [3.05, 3.63) is 34.9 Å². The number of halogens is 2. The summed E-state index contributed by atoms with van der Waals surface area (Å²) in [6.07, 6.45) is 0.570. The van der Waals surface area contributed by atoms with E-state index in [1.54, 1.807) is 0 Å². The lowest BCUT2D eigenvalue weighted by atomic mass is 10.1. The molecule has 106 valence electrons. The van der Waals surface area contributed by atoms with Gasteiger partial charge >= 0.3 is 5.97 Å². The van der Waals surface area contributed by atoms with Crippen molar-refractivity contribution in [2.45, 2.75) is 19.3 Å². The first kappa shape index (κ1) is 14.1. The second kappa shape index (κ2) is 5.36. The zero-order valence-electron chi connectivity index (χ0n) is 10.4. The van der Waals surface area contributed by atoms with Gasteiger partial charge in [0.2, 0.25) is 0 Å². The average Bonchev–Trinajstić information content (AvgIpc) is 2.60. The Labute approximate surface area is 112 Å². The lowest BCUT2D eigenvalue weighted by Gasteiger charge is -2.12. The van der Waals surface area contributed by atoms with Crippen LogP contribution in [0.2, 0.25) is 0 Å². The SMILES string of the molecule is O=C(O)CCCCN1C(=O)c2cc(F)c(F)cc2C1=O. The number of amides is 2. The number of carbonyl (C=O) groups is 3. The molecule has 0 aromatic heterocycles. The molecule has 0 saturated heterocycles. The molecular weight excluding hydrogens is 272 g/mol. The van der Waals surface area contributed by atoms with Crippen LogP contribution in [-0.4, -0.2) is 34.3 Å². The van der Waals surface area contributed by atoms with Crippen molar-refractivity contribution in [1.82, 2.24) is 4.90 Å². The van der Waals surface area contributed by atoms with Crippen molar-refractivity contribution in [1.29, 1.82) is 0 Å². The number of carboxylic acids is 1. The standard InChI is InChI=1S/C13H11F2NO4/c14-9-5-7-8(6-10(9)15)13(20)16(12(7)19)4-2-1-3-11(17)18/h5-6H,1-4H2,(H,17,18). The van der Waals surface area contributed by atoms with Gasteiger partial charge in [0.15, 0.2) is 11.6 Å². The lowest BCUT2D eigenvalue weighted by Crippen LogP contribution is -2.30. The number of hydrogen-bond donors (Lipinski definition) is 1. The molecule has 2 amide bonds.